The maximum absolute atomic E-state index is 12.7. The molecule has 5 heteroatoms. The van der Waals surface area contributed by atoms with Gasteiger partial charge in [0.1, 0.15) is 11.4 Å². The van der Waals surface area contributed by atoms with Crippen LogP contribution in [0.3, 0.4) is 0 Å². The minimum atomic E-state index is -0.0114. The molecule has 1 amide bonds. The third-order valence-electron chi connectivity index (χ3n) is 5.47. The number of aromatic nitrogens is 1. The minimum Gasteiger partial charge on any atom is -0.508 e. The molecule has 3 fully saturated rings. The summed E-state index contributed by atoms with van der Waals surface area (Å²) in [6.07, 6.45) is 2.37. The van der Waals surface area contributed by atoms with Crippen molar-refractivity contribution in [1.82, 2.24) is 14.8 Å². The number of hydrogen-bond donors (Lipinski definition) is 2. The molecule has 2 bridgehead atoms. The lowest BCUT2D eigenvalue weighted by Gasteiger charge is -2.44. The summed E-state index contributed by atoms with van der Waals surface area (Å²) in [6.45, 7) is 3.31. The molecule has 126 valence electrons. The standard InChI is InChI=1S/C19H23N3O2/c1-21-17(14-3-2-4-15(23)11-14)5-6-18(21)19(24)20-16-12-22-9-7-13(16)8-10-22/h2-6,11,13,16,23H,7-10,12H2,1H3,(H,20,24)/t16-/m0/s1. The molecule has 3 saturated heterocycles. The Labute approximate surface area is 141 Å². The van der Waals surface area contributed by atoms with E-state index < -0.39 is 0 Å². The molecule has 0 aliphatic carbocycles. The monoisotopic (exact) mass is 325 g/mol. The Hall–Kier alpha value is -2.27. The van der Waals surface area contributed by atoms with Crippen LogP contribution in [0.25, 0.3) is 11.3 Å². The zero-order chi connectivity index (χ0) is 16.7. The Morgan fingerprint density at radius 3 is 2.67 bits per heavy atom. The van der Waals surface area contributed by atoms with Crippen LogP contribution in [0, 0.1) is 5.92 Å². The Kier molecular flexibility index (Phi) is 3.81. The number of benzene rings is 1. The van der Waals surface area contributed by atoms with Gasteiger partial charge in [-0.25, -0.2) is 0 Å². The Balaban J connectivity index is 1.53. The van der Waals surface area contributed by atoms with Crippen molar-refractivity contribution in [2.24, 2.45) is 13.0 Å². The molecule has 0 saturated carbocycles. The summed E-state index contributed by atoms with van der Waals surface area (Å²) < 4.78 is 1.89. The van der Waals surface area contributed by atoms with Crippen LogP contribution < -0.4 is 5.32 Å². The molecule has 5 nitrogen and oxygen atoms in total. The molecule has 5 rings (SSSR count). The lowest BCUT2D eigenvalue weighted by atomic mass is 9.84. The molecule has 0 spiro atoms. The van der Waals surface area contributed by atoms with E-state index in [0.29, 0.717) is 11.6 Å². The quantitative estimate of drug-likeness (QED) is 0.910. The van der Waals surface area contributed by atoms with Gasteiger partial charge in [-0.05, 0) is 56.1 Å². The molecule has 4 heterocycles. The first-order chi connectivity index (χ1) is 11.6. The van der Waals surface area contributed by atoms with Gasteiger partial charge in [0, 0.05) is 30.9 Å². The lowest BCUT2D eigenvalue weighted by molar-refractivity contribution is 0.0616. The van der Waals surface area contributed by atoms with Crippen molar-refractivity contribution in [3.63, 3.8) is 0 Å². The summed E-state index contributed by atoms with van der Waals surface area (Å²) >= 11 is 0. The SMILES string of the molecule is Cn1c(C(=O)N[C@H]2CN3CCC2CC3)ccc1-c1cccc(O)c1. The van der Waals surface area contributed by atoms with Crippen molar-refractivity contribution in [3.8, 4) is 17.0 Å². The van der Waals surface area contributed by atoms with Crippen molar-refractivity contribution >= 4 is 5.91 Å². The number of phenolic OH excluding ortho intramolecular Hbond substituents is 1. The van der Waals surface area contributed by atoms with Gasteiger partial charge in [-0.2, -0.15) is 0 Å². The lowest BCUT2D eigenvalue weighted by Crippen LogP contribution is -2.57. The number of piperidine rings is 3. The average Bonchev–Trinajstić information content (AvgIpc) is 2.97. The number of aromatic hydroxyl groups is 1. The van der Waals surface area contributed by atoms with Gasteiger partial charge in [0.15, 0.2) is 0 Å². The van der Waals surface area contributed by atoms with Crippen LogP contribution in [-0.4, -0.2) is 46.2 Å². The van der Waals surface area contributed by atoms with E-state index >= 15 is 0 Å². The molecule has 1 atom stereocenters. The van der Waals surface area contributed by atoms with Gasteiger partial charge in [-0.1, -0.05) is 12.1 Å². The highest BCUT2D eigenvalue weighted by Crippen LogP contribution is 2.28. The number of nitrogens with one attached hydrogen (secondary N) is 1. The average molecular weight is 325 g/mol. The molecule has 1 aromatic heterocycles. The van der Waals surface area contributed by atoms with Crippen LogP contribution in [0.15, 0.2) is 36.4 Å². The van der Waals surface area contributed by atoms with Gasteiger partial charge in [0.05, 0.1) is 0 Å². The molecule has 3 aliphatic heterocycles. The van der Waals surface area contributed by atoms with Gasteiger partial charge in [-0.3, -0.25) is 4.79 Å². The van der Waals surface area contributed by atoms with Crippen molar-refractivity contribution < 1.29 is 9.90 Å². The maximum atomic E-state index is 12.7. The van der Waals surface area contributed by atoms with Gasteiger partial charge in [0.2, 0.25) is 0 Å². The van der Waals surface area contributed by atoms with E-state index in [1.165, 1.54) is 25.9 Å². The third-order valence-corrected chi connectivity index (χ3v) is 5.47. The molecule has 2 N–H and O–H groups in total. The Bertz CT molecular complexity index is 760. The number of amides is 1. The van der Waals surface area contributed by atoms with Crippen molar-refractivity contribution in [2.75, 3.05) is 19.6 Å². The molecule has 0 unspecified atom stereocenters. The molecule has 24 heavy (non-hydrogen) atoms. The van der Waals surface area contributed by atoms with E-state index in [1.807, 2.05) is 35.9 Å². The largest absolute Gasteiger partial charge is 0.508 e. The van der Waals surface area contributed by atoms with Gasteiger partial charge >= 0.3 is 0 Å². The topological polar surface area (TPSA) is 57.5 Å². The zero-order valence-electron chi connectivity index (χ0n) is 13.9. The summed E-state index contributed by atoms with van der Waals surface area (Å²) in [5.74, 6) is 0.833. The van der Waals surface area contributed by atoms with E-state index in [9.17, 15) is 9.90 Å². The van der Waals surface area contributed by atoms with Gasteiger partial charge in [0.25, 0.3) is 5.91 Å². The fourth-order valence-electron chi connectivity index (χ4n) is 4.07. The first-order valence-electron chi connectivity index (χ1n) is 8.60. The van der Waals surface area contributed by atoms with E-state index in [0.717, 1.165) is 17.8 Å². The summed E-state index contributed by atoms with van der Waals surface area (Å²) in [5, 5.41) is 12.9. The van der Waals surface area contributed by atoms with Crippen LogP contribution in [0.1, 0.15) is 23.3 Å². The first-order valence-corrected chi connectivity index (χ1v) is 8.60. The number of hydrogen-bond acceptors (Lipinski definition) is 3. The van der Waals surface area contributed by atoms with Crippen molar-refractivity contribution in [1.29, 1.82) is 0 Å². The number of fused-ring (bicyclic) bond motifs is 3. The fraction of sp³-hybridized carbons (Fsp3) is 0.421. The summed E-state index contributed by atoms with van der Waals surface area (Å²) in [5.41, 5.74) is 2.48. The fourth-order valence-corrected chi connectivity index (χ4v) is 4.07. The number of carbonyl (C=O) groups is 1. The number of rotatable bonds is 3. The third kappa shape index (κ3) is 2.69. The van der Waals surface area contributed by atoms with Crippen molar-refractivity contribution in [3.05, 3.63) is 42.1 Å². The molecule has 2 aromatic rings. The molecular weight excluding hydrogens is 302 g/mol. The van der Waals surface area contributed by atoms with Crippen LogP contribution in [-0.2, 0) is 7.05 Å². The van der Waals surface area contributed by atoms with Gasteiger partial charge in [-0.15, -0.1) is 0 Å². The highest BCUT2D eigenvalue weighted by atomic mass is 16.3. The predicted molar refractivity (Wildman–Crippen MR) is 92.9 cm³/mol. The maximum Gasteiger partial charge on any atom is 0.268 e. The molecule has 0 radical (unpaired) electrons. The number of phenols is 1. The second-order valence-corrected chi connectivity index (χ2v) is 6.93. The van der Waals surface area contributed by atoms with E-state index in [2.05, 4.69) is 10.2 Å². The van der Waals surface area contributed by atoms with Gasteiger partial charge < -0.3 is 19.9 Å². The molecular formula is C19H23N3O2. The van der Waals surface area contributed by atoms with E-state index in [1.54, 1.807) is 12.1 Å². The van der Waals surface area contributed by atoms with Crippen molar-refractivity contribution in [2.45, 2.75) is 18.9 Å². The van der Waals surface area contributed by atoms with Crippen LogP contribution in [0.4, 0.5) is 0 Å². The van der Waals surface area contributed by atoms with Crippen LogP contribution in [0.2, 0.25) is 0 Å². The zero-order valence-corrected chi connectivity index (χ0v) is 13.9. The number of carbonyl (C=O) groups excluding carboxylic acids is 1. The first kappa shape index (κ1) is 15.3. The van der Waals surface area contributed by atoms with Crippen LogP contribution in [0.5, 0.6) is 5.75 Å². The highest BCUT2D eigenvalue weighted by molar-refractivity contribution is 5.94. The molecule has 1 aromatic carbocycles. The van der Waals surface area contributed by atoms with Crippen LogP contribution >= 0.6 is 0 Å². The second-order valence-electron chi connectivity index (χ2n) is 6.93. The normalized spacial score (nSPS) is 25.6. The van der Waals surface area contributed by atoms with E-state index in [4.69, 9.17) is 0 Å². The van der Waals surface area contributed by atoms with E-state index in [-0.39, 0.29) is 17.7 Å². The summed E-state index contributed by atoms with van der Waals surface area (Å²) in [6, 6.07) is 11.2. The minimum absolute atomic E-state index is 0.0114. The Morgan fingerprint density at radius 2 is 2.00 bits per heavy atom. The smallest absolute Gasteiger partial charge is 0.268 e. The summed E-state index contributed by atoms with van der Waals surface area (Å²) in [4.78, 5) is 15.2. The second kappa shape index (κ2) is 5.98. The highest BCUT2D eigenvalue weighted by Gasteiger charge is 2.35. The molecule has 3 aliphatic rings. The Morgan fingerprint density at radius 1 is 1.21 bits per heavy atom. The number of nitrogens with zero attached hydrogens (tertiary/aromatic N) is 2. The summed E-state index contributed by atoms with van der Waals surface area (Å²) in [7, 11) is 1.89. The predicted octanol–water partition coefficient (Wildman–Crippen LogP) is 2.22.